The van der Waals surface area contributed by atoms with E-state index in [4.69, 9.17) is 9.47 Å². The molecule has 0 radical (unpaired) electrons. The van der Waals surface area contributed by atoms with Crippen LogP contribution in [0.3, 0.4) is 0 Å². The van der Waals surface area contributed by atoms with Gasteiger partial charge in [0, 0.05) is 6.20 Å². The van der Waals surface area contributed by atoms with Gasteiger partial charge >= 0.3 is 6.18 Å². The zero-order chi connectivity index (χ0) is 16.0. The van der Waals surface area contributed by atoms with Crippen LogP contribution in [0.15, 0.2) is 42.6 Å². The third kappa shape index (κ3) is 4.54. The van der Waals surface area contributed by atoms with Gasteiger partial charge in [0.05, 0.1) is 19.2 Å². The molecule has 1 heterocycles. The van der Waals surface area contributed by atoms with Crippen LogP contribution < -0.4 is 14.8 Å². The molecule has 2 rings (SSSR count). The highest BCUT2D eigenvalue weighted by atomic mass is 19.4. The fraction of sp³-hybridized carbons (Fsp3) is 0.267. The van der Waals surface area contributed by atoms with E-state index in [1.165, 1.54) is 0 Å². The summed E-state index contributed by atoms with van der Waals surface area (Å²) in [5.41, 5.74) is -0.735. The summed E-state index contributed by atoms with van der Waals surface area (Å²) in [6.45, 7) is 0.630. The van der Waals surface area contributed by atoms with E-state index in [1.807, 2.05) is 0 Å². The van der Waals surface area contributed by atoms with Crippen LogP contribution in [0.2, 0.25) is 0 Å². The number of hydrogen-bond donors (Lipinski definition) is 1. The predicted molar refractivity (Wildman–Crippen MR) is 76.2 cm³/mol. The Morgan fingerprint density at radius 3 is 2.41 bits per heavy atom. The highest BCUT2D eigenvalue weighted by molar-refractivity contribution is 5.38. The van der Waals surface area contributed by atoms with Crippen LogP contribution in [0.4, 0.5) is 19.0 Å². The molecule has 4 nitrogen and oxygen atoms in total. The summed E-state index contributed by atoms with van der Waals surface area (Å²) in [5, 5.41) is 2.79. The number of methoxy groups -OCH3 is 1. The van der Waals surface area contributed by atoms with Gasteiger partial charge < -0.3 is 14.8 Å². The number of benzene rings is 1. The molecule has 22 heavy (non-hydrogen) atoms. The van der Waals surface area contributed by atoms with Crippen LogP contribution in [-0.4, -0.2) is 25.2 Å². The van der Waals surface area contributed by atoms with Gasteiger partial charge in [0.2, 0.25) is 0 Å². The molecule has 0 aliphatic carbocycles. The van der Waals surface area contributed by atoms with Crippen molar-refractivity contribution >= 4 is 5.82 Å². The smallest absolute Gasteiger partial charge is 0.416 e. The summed E-state index contributed by atoms with van der Waals surface area (Å²) in [6, 6.07) is 8.92. The number of pyridine rings is 1. The molecule has 2 aromatic rings. The Bertz CT molecular complexity index is 600. The fourth-order valence-corrected chi connectivity index (χ4v) is 1.72. The van der Waals surface area contributed by atoms with E-state index in [0.717, 1.165) is 24.1 Å². The largest absolute Gasteiger partial charge is 0.497 e. The number of aromatic nitrogens is 1. The van der Waals surface area contributed by atoms with Crippen molar-refractivity contribution in [2.45, 2.75) is 6.18 Å². The number of hydrogen-bond acceptors (Lipinski definition) is 4. The second-order valence-corrected chi connectivity index (χ2v) is 4.38. The maximum atomic E-state index is 12.5. The Kier molecular flexibility index (Phi) is 5.08. The van der Waals surface area contributed by atoms with Crippen molar-refractivity contribution in [1.82, 2.24) is 4.98 Å². The molecule has 1 N–H and O–H groups in total. The predicted octanol–water partition coefficient (Wildman–Crippen LogP) is 3.60. The van der Waals surface area contributed by atoms with E-state index in [2.05, 4.69) is 10.3 Å². The molecule has 7 heteroatoms. The van der Waals surface area contributed by atoms with Gasteiger partial charge in [0.1, 0.15) is 23.9 Å². The summed E-state index contributed by atoms with van der Waals surface area (Å²) in [7, 11) is 1.57. The van der Waals surface area contributed by atoms with Gasteiger partial charge in [-0.05, 0) is 36.4 Å². The lowest BCUT2D eigenvalue weighted by atomic mass is 10.2. The highest BCUT2D eigenvalue weighted by Gasteiger charge is 2.30. The molecule has 1 aromatic carbocycles. The molecule has 1 aromatic heterocycles. The van der Waals surface area contributed by atoms with Crippen LogP contribution in [0, 0.1) is 0 Å². The van der Waals surface area contributed by atoms with Gasteiger partial charge in [-0.2, -0.15) is 13.2 Å². The van der Waals surface area contributed by atoms with Crippen LogP contribution in [0.1, 0.15) is 5.56 Å². The van der Waals surface area contributed by atoms with E-state index in [9.17, 15) is 13.2 Å². The first-order valence-corrected chi connectivity index (χ1v) is 6.53. The zero-order valence-electron chi connectivity index (χ0n) is 11.9. The van der Waals surface area contributed by atoms with Crippen molar-refractivity contribution < 1.29 is 22.6 Å². The molecule has 0 saturated heterocycles. The van der Waals surface area contributed by atoms with E-state index >= 15 is 0 Å². The number of nitrogens with zero attached hydrogens (tertiary/aromatic N) is 1. The molecule has 0 spiro atoms. The van der Waals surface area contributed by atoms with Crippen LogP contribution in [0.25, 0.3) is 0 Å². The molecule has 0 atom stereocenters. The van der Waals surface area contributed by atoms with Crippen molar-refractivity contribution in [2.24, 2.45) is 0 Å². The fourth-order valence-electron chi connectivity index (χ4n) is 1.72. The van der Waals surface area contributed by atoms with E-state index in [1.54, 1.807) is 31.4 Å². The van der Waals surface area contributed by atoms with Crippen LogP contribution in [0.5, 0.6) is 11.5 Å². The number of ether oxygens (including phenoxy) is 2. The second-order valence-electron chi connectivity index (χ2n) is 4.38. The summed E-state index contributed by atoms with van der Waals surface area (Å²) in [6.07, 6.45) is -3.26. The Morgan fingerprint density at radius 2 is 1.77 bits per heavy atom. The normalized spacial score (nSPS) is 11.1. The molecule has 118 valence electrons. The average molecular weight is 312 g/mol. The van der Waals surface area contributed by atoms with Crippen molar-refractivity contribution in [3.63, 3.8) is 0 Å². The first kappa shape index (κ1) is 15.9. The first-order chi connectivity index (χ1) is 10.5. The number of rotatable bonds is 6. The summed E-state index contributed by atoms with van der Waals surface area (Å²) in [4.78, 5) is 3.84. The lowest BCUT2D eigenvalue weighted by molar-refractivity contribution is -0.137. The maximum absolute atomic E-state index is 12.5. The summed E-state index contributed by atoms with van der Waals surface area (Å²) in [5.74, 6) is 1.53. The monoisotopic (exact) mass is 312 g/mol. The summed E-state index contributed by atoms with van der Waals surface area (Å²) >= 11 is 0. The van der Waals surface area contributed by atoms with E-state index in [0.29, 0.717) is 18.9 Å². The van der Waals surface area contributed by atoms with Gasteiger partial charge in [-0.25, -0.2) is 4.98 Å². The number of halogens is 3. The van der Waals surface area contributed by atoms with Gasteiger partial charge in [-0.1, -0.05) is 0 Å². The van der Waals surface area contributed by atoms with Crippen LogP contribution in [-0.2, 0) is 6.18 Å². The average Bonchev–Trinajstić information content (AvgIpc) is 2.52. The van der Waals surface area contributed by atoms with Crippen molar-refractivity contribution in [2.75, 3.05) is 25.6 Å². The second kappa shape index (κ2) is 7.02. The SMILES string of the molecule is COc1ccc(OCCNc2cc(C(F)(F)F)ccn2)cc1. The topological polar surface area (TPSA) is 43.4 Å². The number of alkyl halides is 3. The first-order valence-electron chi connectivity index (χ1n) is 6.53. The molecule has 0 aliphatic rings. The lowest BCUT2D eigenvalue weighted by Crippen LogP contribution is -2.13. The standard InChI is InChI=1S/C15H15F3N2O2/c1-21-12-2-4-13(5-3-12)22-9-8-20-14-10-11(6-7-19-14)15(16,17)18/h2-7,10H,8-9H2,1H3,(H,19,20). The third-order valence-electron chi connectivity index (χ3n) is 2.82. The minimum Gasteiger partial charge on any atom is -0.497 e. The van der Waals surface area contributed by atoms with E-state index in [-0.39, 0.29) is 5.82 Å². The molecule has 0 bridgehead atoms. The molecule has 0 fully saturated rings. The van der Waals surface area contributed by atoms with Gasteiger partial charge in [-0.15, -0.1) is 0 Å². The zero-order valence-corrected chi connectivity index (χ0v) is 11.9. The van der Waals surface area contributed by atoms with Crippen molar-refractivity contribution in [1.29, 1.82) is 0 Å². The number of anilines is 1. The quantitative estimate of drug-likeness (QED) is 0.828. The highest BCUT2D eigenvalue weighted by Crippen LogP contribution is 2.29. The Morgan fingerprint density at radius 1 is 1.09 bits per heavy atom. The Labute approximate surface area is 125 Å². The van der Waals surface area contributed by atoms with Crippen molar-refractivity contribution in [3.05, 3.63) is 48.2 Å². The molecular formula is C15H15F3N2O2. The molecule has 0 aliphatic heterocycles. The third-order valence-corrected chi connectivity index (χ3v) is 2.82. The molecular weight excluding hydrogens is 297 g/mol. The molecule has 0 unspecified atom stereocenters. The molecule has 0 saturated carbocycles. The van der Waals surface area contributed by atoms with Gasteiger partial charge in [0.15, 0.2) is 0 Å². The van der Waals surface area contributed by atoms with Gasteiger partial charge in [0.25, 0.3) is 0 Å². The summed E-state index contributed by atoms with van der Waals surface area (Å²) < 4.78 is 48.1. The Balaban J connectivity index is 1.81. The minimum absolute atomic E-state index is 0.160. The minimum atomic E-state index is -4.38. The van der Waals surface area contributed by atoms with Crippen LogP contribution >= 0.6 is 0 Å². The van der Waals surface area contributed by atoms with Gasteiger partial charge in [-0.3, -0.25) is 0 Å². The maximum Gasteiger partial charge on any atom is 0.416 e. The molecule has 0 amide bonds. The number of nitrogens with one attached hydrogen (secondary N) is 1. The lowest BCUT2D eigenvalue weighted by Gasteiger charge is -2.10. The van der Waals surface area contributed by atoms with Crippen molar-refractivity contribution in [3.8, 4) is 11.5 Å². The van der Waals surface area contributed by atoms with E-state index < -0.39 is 11.7 Å². The Hall–Kier alpha value is -2.44.